The number of ether oxygens (including phenoxy) is 1. The molecular formula is C10H14O3. The summed E-state index contributed by atoms with van der Waals surface area (Å²) in [6, 6.07) is 0. The molecule has 3 nitrogen and oxygen atoms in total. The van der Waals surface area contributed by atoms with Gasteiger partial charge < -0.3 is 4.74 Å². The van der Waals surface area contributed by atoms with E-state index in [4.69, 9.17) is 0 Å². The molecule has 13 heavy (non-hydrogen) atoms. The Morgan fingerprint density at radius 2 is 2.46 bits per heavy atom. The summed E-state index contributed by atoms with van der Waals surface area (Å²) in [5, 5.41) is 0. The van der Waals surface area contributed by atoms with Crippen LogP contribution in [0.2, 0.25) is 0 Å². The molecule has 0 aromatic heterocycles. The van der Waals surface area contributed by atoms with Gasteiger partial charge >= 0.3 is 0 Å². The van der Waals surface area contributed by atoms with Crippen molar-refractivity contribution in [1.82, 2.24) is 0 Å². The quantitative estimate of drug-likeness (QED) is 0.488. The predicted octanol–water partition coefficient (Wildman–Crippen LogP) is 1.47. The first-order valence-corrected chi connectivity index (χ1v) is 4.50. The van der Waals surface area contributed by atoms with E-state index < -0.39 is 0 Å². The average molecular weight is 182 g/mol. The molecule has 0 saturated heterocycles. The standard InChI is InChI=1S/C10H14O3/c1-8-6-10(12)3-2-9(8)4-5-13-7-11/h6-7,9H,2-5H2,1H3. The van der Waals surface area contributed by atoms with Gasteiger partial charge in [0, 0.05) is 6.42 Å². The van der Waals surface area contributed by atoms with Crippen molar-refractivity contribution >= 4 is 12.3 Å². The van der Waals surface area contributed by atoms with Crippen LogP contribution in [0.5, 0.6) is 0 Å². The monoisotopic (exact) mass is 182 g/mol. The van der Waals surface area contributed by atoms with Gasteiger partial charge in [-0.2, -0.15) is 0 Å². The molecule has 0 aliphatic heterocycles. The fraction of sp³-hybridized carbons (Fsp3) is 0.600. The van der Waals surface area contributed by atoms with Crippen LogP contribution in [0, 0.1) is 5.92 Å². The van der Waals surface area contributed by atoms with Gasteiger partial charge in [0.05, 0.1) is 6.61 Å². The Labute approximate surface area is 77.8 Å². The largest absolute Gasteiger partial charge is 0.468 e. The molecule has 3 heteroatoms. The Morgan fingerprint density at radius 3 is 3.08 bits per heavy atom. The minimum atomic E-state index is 0.213. The van der Waals surface area contributed by atoms with E-state index in [0.29, 0.717) is 25.4 Å². The smallest absolute Gasteiger partial charge is 0.293 e. The molecule has 0 radical (unpaired) electrons. The third-order valence-corrected chi connectivity index (χ3v) is 2.42. The van der Waals surface area contributed by atoms with E-state index >= 15 is 0 Å². The number of carbonyl (C=O) groups excluding carboxylic acids is 2. The highest BCUT2D eigenvalue weighted by molar-refractivity contribution is 5.91. The predicted molar refractivity (Wildman–Crippen MR) is 48.1 cm³/mol. The molecule has 1 aliphatic rings. The lowest BCUT2D eigenvalue weighted by molar-refractivity contribution is -0.129. The van der Waals surface area contributed by atoms with Gasteiger partial charge in [-0.3, -0.25) is 9.59 Å². The number of ketones is 1. The Hall–Kier alpha value is -1.12. The first-order chi connectivity index (χ1) is 6.24. The van der Waals surface area contributed by atoms with Crippen molar-refractivity contribution in [2.75, 3.05) is 6.61 Å². The van der Waals surface area contributed by atoms with Crippen molar-refractivity contribution in [2.24, 2.45) is 5.92 Å². The lowest BCUT2D eigenvalue weighted by Gasteiger charge is -2.20. The van der Waals surface area contributed by atoms with Gasteiger partial charge in [-0.1, -0.05) is 5.57 Å². The SMILES string of the molecule is CC1=CC(=O)CCC1CCOC=O. The molecule has 72 valence electrons. The summed E-state index contributed by atoms with van der Waals surface area (Å²) >= 11 is 0. The second-order valence-corrected chi connectivity index (χ2v) is 3.35. The third-order valence-electron chi connectivity index (χ3n) is 2.42. The molecule has 0 bridgehead atoms. The number of rotatable bonds is 4. The Kier molecular flexibility index (Phi) is 3.68. The van der Waals surface area contributed by atoms with Crippen LogP contribution in [0.1, 0.15) is 26.2 Å². The van der Waals surface area contributed by atoms with E-state index in [1.165, 1.54) is 0 Å². The molecule has 0 heterocycles. The summed E-state index contributed by atoms with van der Waals surface area (Å²) < 4.78 is 4.62. The maximum atomic E-state index is 11.0. The number of hydrogen-bond acceptors (Lipinski definition) is 3. The maximum Gasteiger partial charge on any atom is 0.293 e. The summed E-state index contributed by atoms with van der Waals surface area (Å²) in [6.45, 7) is 2.88. The Bertz CT molecular complexity index is 230. The molecule has 1 rings (SSSR count). The van der Waals surface area contributed by atoms with Gasteiger partial charge in [0.1, 0.15) is 0 Å². The van der Waals surface area contributed by atoms with E-state index in [-0.39, 0.29) is 5.78 Å². The van der Waals surface area contributed by atoms with Crippen LogP contribution < -0.4 is 0 Å². The topological polar surface area (TPSA) is 43.4 Å². The highest BCUT2D eigenvalue weighted by atomic mass is 16.5. The van der Waals surface area contributed by atoms with E-state index in [1.54, 1.807) is 6.08 Å². The van der Waals surface area contributed by atoms with Gasteiger partial charge in [0.25, 0.3) is 6.47 Å². The van der Waals surface area contributed by atoms with Gasteiger partial charge in [-0.05, 0) is 31.8 Å². The second-order valence-electron chi connectivity index (χ2n) is 3.35. The zero-order chi connectivity index (χ0) is 9.68. The highest BCUT2D eigenvalue weighted by Crippen LogP contribution is 2.25. The molecule has 0 amide bonds. The normalized spacial score (nSPS) is 22.4. The minimum Gasteiger partial charge on any atom is -0.468 e. The van der Waals surface area contributed by atoms with Crippen LogP contribution in [-0.2, 0) is 14.3 Å². The summed E-state index contributed by atoms with van der Waals surface area (Å²) in [6.07, 6.45) is 4.05. The highest BCUT2D eigenvalue weighted by Gasteiger charge is 2.17. The molecular weight excluding hydrogens is 168 g/mol. The van der Waals surface area contributed by atoms with Crippen molar-refractivity contribution in [3.8, 4) is 0 Å². The first kappa shape index (κ1) is 9.96. The van der Waals surface area contributed by atoms with Crippen LogP contribution in [0.25, 0.3) is 0 Å². The van der Waals surface area contributed by atoms with Gasteiger partial charge in [0.15, 0.2) is 5.78 Å². The van der Waals surface area contributed by atoms with E-state index in [0.717, 1.165) is 18.4 Å². The molecule has 0 aromatic carbocycles. The van der Waals surface area contributed by atoms with Gasteiger partial charge in [0.2, 0.25) is 0 Å². The van der Waals surface area contributed by atoms with Crippen LogP contribution in [0.3, 0.4) is 0 Å². The summed E-state index contributed by atoms with van der Waals surface area (Å²) in [5.41, 5.74) is 1.12. The summed E-state index contributed by atoms with van der Waals surface area (Å²) in [4.78, 5) is 20.9. The molecule has 0 saturated carbocycles. The number of carbonyl (C=O) groups is 2. The Balaban J connectivity index is 2.38. The molecule has 0 fully saturated rings. The van der Waals surface area contributed by atoms with Crippen LogP contribution in [0.15, 0.2) is 11.6 Å². The minimum absolute atomic E-state index is 0.213. The molecule has 0 aromatic rings. The molecule has 0 spiro atoms. The van der Waals surface area contributed by atoms with Crippen molar-refractivity contribution < 1.29 is 14.3 Å². The maximum absolute atomic E-state index is 11.0. The fourth-order valence-corrected chi connectivity index (χ4v) is 1.62. The summed E-state index contributed by atoms with van der Waals surface area (Å²) in [5.74, 6) is 0.628. The number of hydrogen-bond donors (Lipinski definition) is 0. The zero-order valence-corrected chi connectivity index (χ0v) is 7.79. The first-order valence-electron chi connectivity index (χ1n) is 4.50. The Morgan fingerprint density at radius 1 is 1.69 bits per heavy atom. The summed E-state index contributed by atoms with van der Waals surface area (Å²) in [7, 11) is 0. The van der Waals surface area contributed by atoms with Gasteiger partial charge in [-0.15, -0.1) is 0 Å². The molecule has 0 N–H and O–H groups in total. The van der Waals surface area contributed by atoms with E-state index in [2.05, 4.69) is 4.74 Å². The van der Waals surface area contributed by atoms with E-state index in [1.807, 2.05) is 6.92 Å². The van der Waals surface area contributed by atoms with Crippen LogP contribution >= 0.6 is 0 Å². The molecule has 1 atom stereocenters. The lowest BCUT2D eigenvalue weighted by atomic mass is 9.86. The second kappa shape index (κ2) is 4.80. The number of allylic oxidation sites excluding steroid dienone is 2. The van der Waals surface area contributed by atoms with Crippen molar-refractivity contribution in [3.63, 3.8) is 0 Å². The van der Waals surface area contributed by atoms with Crippen molar-refractivity contribution in [2.45, 2.75) is 26.2 Å². The third kappa shape index (κ3) is 3.01. The van der Waals surface area contributed by atoms with E-state index in [9.17, 15) is 9.59 Å². The van der Waals surface area contributed by atoms with Crippen LogP contribution in [-0.4, -0.2) is 18.9 Å². The van der Waals surface area contributed by atoms with Crippen LogP contribution in [0.4, 0.5) is 0 Å². The average Bonchev–Trinajstić information content (AvgIpc) is 2.09. The lowest BCUT2D eigenvalue weighted by Crippen LogP contribution is -2.14. The molecule has 1 unspecified atom stereocenters. The fourth-order valence-electron chi connectivity index (χ4n) is 1.62. The molecule has 1 aliphatic carbocycles. The van der Waals surface area contributed by atoms with Crippen molar-refractivity contribution in [1.29, 1.82) is 0 Å². The van der Waals surface area contributed by atoms with Crippen molar-refractivity contribution in [3.05, 3.63) is 11.6 Å². The van der Waals surface area contributed by atoms with Gasteiger partial charge in [-0.25, -0.2) is 0 Å². The zero-order valence-electron chi connectivity index (χ0n) is 7.79.